The van der Waals surface area contributed by atoms with Crippen LogP contribution in [0.3, 0.4) is 0 Å². The lowest BCUT2D eigenvalue weighted by Crippen LogP contribution is -2.15. The van der Waals surface area contributed by atoms with Gasteiger partial charge in [-0.25, -0.2) is 26.8 Å². The third-order valence-electron chi connectivity index (χ3n) is 4.15. The van der Waals surface area contributed by atoms with Crippen LogP contribution in [-0.2, 0) is 26.5 Å². The zero-order chi connectivity index (χ0) is 21.8. The highest BCUT2D eigenvalue weighted by Gasteiger charge is 2.17. The van der Waals surface area contributed by atoms with E-state index in [1.54, 1.807) is 12.1 Å². The van der Waals surface area contributed by atoms with E-state index in [0.717, 1.165) is 12.0 Å². The number of ether oxygens (including phenoxy) is 1. The first-order valence-electron chi connectivity index (χ1n) is 8.84. The van der Waals surface area contributed by atoms with Crippen LogP contribution in [0.4, 0.5) is 11.5 Å². The summed E-state index contributed by atoms with van der Waals surface area (Å²) >= 11 is 0. The van der Waals surface area contributed by atoms with Gasteiger partial charge < -0.3 is 4.74 Å². The number of aromatic nitrogens is 2. The van der Waals surface area contributed by atoms with E-state index in [2.05, 4.69) is 19.4 Å². The van der Waals surface area contributed by atoms with Crippen molar-refractivity contribution in [2.75, 3.05) is 16.6 Å². The van der Waals surface area contributed by atoms with Gasteiger partial charge >= 0.3 is 0 Å². The highest BCUT2D eigenvalue weighted by molar-refractivity contribution is 7.93. The van der Waals surface area contributed by atoms with Gasteiger partial charge in [0, 0.05) is 11.8 Å². The van der Waals surface area contributed by atoms with Crippen molar-refractivity contribution in [3.63, 3.8) is 0 Å². The van der Waals surface area contributed by atoms with Crippen LogP contribution in [0.1, 0.15) is 12.5 Å². The summed E-state index contributed by atoms with van der Waals surface area (Å²) in [6.07, 6.45) is 1.97. The second-order valence-electron chi connectivity index (χ2n) is 6.18. The Kier molecular flexibility index (Phi) is 6.22. The van der Waals surface area contributed by atoms with Crippen LogP contribution in [-0.4, -0.2) is 33.9 Å². The molecule has 9 nitrogen and oxygen atoms in total. The van der Waals surface area contributed by atoms with E-state index < -0.39 is 20.0 Å². The average molecular weight is 449 g/mol. The third kappa shape index (κ3) is 5.05. The molecule has 3 aromatic rings. The molecule has 3 rings (SSSR count). The fourth-order valence-corrected chi connectivity index (χ4v) is 4.58. The minimum absolute atomic E-state index is 0.0437. The van der Waals surface area contributed by atoms with Gasteiger partial charge in [-0.05, 0) is 48.4 Å². The van der Waals surface area contributed by atoms with E-state index >= 15 is 0 Å². The normalized spacial score (nSPS) is 11.7. The second kappa shape index (κ2) is 8.67. The Morgan fingerprint density at radius 1 is 0.833 bits per heavy atom. The number of nitrogens with one attached hydrogen (secondary N) is 2. The molecule has 0 aliphatic heterocycles. The van der Waals surface area contributed by atoms with Gasteiger partial charge in [0.2, 0.25) is 5.88 Å². The molecule has 0 spiro atoms. The number of aryl methyl sites for hydroxylation is 1. The Morgan fingerprint density at radius 3 is 1.97 bits per heavy atom. The first kappa shape index (κ1) is 21.5. The summed E-state index contributed by atoms with van der Waals surface area (Å²) in [5, 5.41) is 0. The molecule has 158 valence electrons. The summed E-state index contributed by atoms with van der Waals surface area (Å²) in [4.78, 5) is 7.71. The Bertz CT molecular complexity index is 1230. The van der Waals surface area contributed by atoms with Crippen LogP contribution in [0.5, 0.6) is 5.88 Å². The molecule has 0 unspecified atom stereocenters. The Labute approximate surface area is 175 Å². The quantitative estimate of drug-likeness (QED) is 0.542. The van der Waals surface area contributed by atoms with Crippen molar-refractivity contribution >= 4 is 31.6 Å². The van der Waals surface area contributed by atoms with E-state index in [0.29, 0.717) is 0 Å². The van der Waals surface area contributed by atoms with E-state index in [4.69, 9.17) is 4.74 Å². The smallest absolute Gasteiger partial charge is 0.263 e. The van der Waals surface area contributed by atoms with E-state index in [9.17, 15) is 16.8 Å². The number of anilines is 2. The summed E-state index contributed by atoms with van der Waals surface area (Å²) in [6, 6.07) is 13.2. The summed E-state index contributed by atoms with van der Waals surface area (Å²) in [7, 11) is -6.32. The minimum Gasteiger partial charge on any atom is -0.481 e. The molecule has 0 radical (unpaired) electrons. The van der Waals surface area contributed by atoms with Crippen molar-refractivity contribution < 1.29 is 21.6 Å². The minimum atomic E-state index is -3.93. The van der Waals surface area contributed by atoms with Crippen molar-refractivity contribution in [1.29, 1.82) is 0 Å². The largest absolute Gasteiger partial charge is 0.481 e. The van der Waals surface area contributed by atoms with Gasteiger partial charge in [-0.15, -0.1) is 0 Å². The topological polar surface area (TPSA) is 127 Å². The molecule has 1 aromatic heterocycles. The zero-order valence-electron chi connectivity index (χ0n) is 16.2. The standard InChI is InChI=1S/C19H20N4O5S2/c1-3-14-4-8-16(9-5-14)29(24,25)22-15-6-10-17(11-7-15)30(26,27)23-18-12-19(28-2)21-13-20-18/h4-13,22H,3H2,1-2H3,(H,20,21,23). The lowest BCUT2D eigenvalue weighted by molar-refractivity contribution is 0.397. The molecule has 0 aliphatic rings. The number of hydrogen-bond donors (Lipinski definition) is 2. The number of hydrogen-bond acceptors (Lipinski definition) is 7. The zero-order valence-corrected chi connectivity index (χ0v) is 17.9. The van der Waals surface area contributed by atoms with Crippen LogP contribution in [0, 0.1) is 0 Å². The van der Waals surface area contributed by atoms with Crippen molar-refractivity contribution in [3.05, 3.63) is 66.5 Å². The molecule has 0 saturated heterocycles. The van der Waals surface area contributed by atoms with Gasteiger partial charge in [-0.2, -0.15) is 0 Å². The van der Waals surface area contributed by atoms with Crippen LogP contribution in [0.15, 0.2) is 70.7 Å². The van der Waals surface area contributed by atoms with Crippen molar-refractivity contribution in [2.24, 2.45) is 0 Å². The van der Waals surface area contributed by atoms with Gasteiger partial charge in [-0.3, -0.25) is 9.44 Å². The molecular weight excluding hydrogens is 428 g/mol. The van der Waals surface area contributed by atoms with Crippen LogP contribution >= 0.6 is 0 Å². The predicted octanol–water partition coefficient (Wildman–Crippen LogP) is 2.65. The number of benzene rings is 2. The molecule has 0 fully saturated rings. The van der Waals surface area contributed by atoms with Crippen LogP contribution in [0.2, 0.25) is 0 Å². The molecule has 0 amide bonds. The van der Waals surface area contributed by atoms with Gasteiger partial charge in [0.15, 0.2) is 0 Å². The maximum Gasteiger partial charge on any atom is 0.263 e. The van der Waals surface area contributed by atoms with Crippen LogP contribution in [0.25, 0.3) is 0 Å². The highest BCUT2D eigenvalue weighted by atomic mass is 32.2. The fourth-order valence-electron chi connectivity index (χ4n) is 2.52. The van der Waals surface area contributed by atoms with Gasteiger partial charge in [-0.1, -0.05) is 19.1 Å². The molecule has 30 heavy (non-hydrogen) atoms. The highest BCUT2D eigenvalue weighted by Crippen LogP contribution is 2.21. The lowest BCUT2D eigenvalue weighted by Gasteiger charge is -2.11. The molecule has 0 atom stereocenters. The van der Waals surface area contributed by atoms with Gasteiger partial charge in [0.1, 0.15) is 12.1 Å². The molecule has 1 heterocycles. The van der Waals surface area contributed by atoms with Crippen molar-refractivity contribution in [2.45, 2.75) is 23.1 Å². The molecule has 0 aliphatic carbocycles. The molecule has 2 N–H and O–H groups in total. The molecular formula is C19H20N4O5S2. The molecule has 2 aromatic carbocycles. The Morgan fingerprint density at radius 2 is 1.40 bits per heavy atom. The monoisotopic (exact) mass is 448 g/mol. The number of rotatable bonds is 8. The first-order valence-corrected chi connectivity index (χ1v) is 11.8. The van der Waals surface area contributed by atoms with E-state index in [1.165, 1.54) is 55.9 Å². The molecule has 0 bridgehead atoms. The Balaban J connectivity index is 1.76. The molecule has 0 saturated carbocycles. The van der Waals surface area contributed by atoms with Gasteiger partial charge in [0.25, 0.3) is 20.0 Å². The van der Waals surface area contributed by atoms with Crippen molar-refractivity contribution in [1.82, 2.24) is 9.97 Å². The SMILES string of the molecule is CCc1ccc(S(=O)(=O)Nc2ccc(S(=O)(=O)Nc3cc(OC)ncn3)cc2)cc1. The van der Waals surface area contributed by atoms with Gasteiger partial charge in [0.05, 0.1) is 16.9 Å². The number of nitrogens with zero attached hydrogens (tertiary/aromatic N) is 2. The summed E-state index contributed by atoms with van der Waals surface area (Å²) in [6.45, 7) is 1.98. The Hall–Kier alpha value is -3.18. The third-order valence-corrected chi connectivity index (χ3v) is 6.92. The van der Waals surface area contributed by atoms with Crippen molar-refractivity contribution in [3.8, 4) is 5.88 Å². The number of methoxy groups -OCH3 is 1. The van der Waals surface area contributed by atoms with E-state index in [1.807, 2.05) is 6.92 Å². The van der Waals surface area contributed by atoms with Crippen LogP contribution < -0.4 is 14.2 Å². The summed E-state index contributed by atoms with van der Waals surface area (Å²) in [5.41, 5.74) is 1.26. The van der Waals surface area contributed by atoms with E-state index in [-0.39, 0.29) is 27.2 Å². The molecule has 11 heteroatoms. The predicted molar refractivity (Wildman–Crippen MR) is 112 cm³/mol. The lowest BCUT2D eigenvalue weighted by atomic mass is 10.2. The maximum atomic E-state index is 12.5. The second-order valence-corrected chi connectivity index (χ2v) is 9.54. The fraction of sp³-hybridized carbons (Fsp3) is 0.158. The first-order chi connectivity index (χ1) is 14.2. The maximum absolute atomic E-state index is 12.5. The average Bonchev–Trinajstić information content (AvgIpc) is 2.73. The summed E-state index contributed by atoms with van der Waals surface area (Å²) in [5.74, 6) is 0.251. The summed E-state index contributed by atoms with van der Waals surface area (Å²) < 4.78 is 59.8. The number of sulfonamides is 2.